The highest BCUT2D eigenvalue weighted by molar-refractivity contribution is 8.02. The summed E-state index contributed by atoms with van der Waals surface area (Å²) in [5, 5.41) is 16.7. The average Bonchev–Trinajstić information content (AvgIpc) is 3.52. The van der Waals surface area contributed by atoms with E-state index in [2.05, 4.69) is 31.4 Å². The van der Waals surface area contributed by atoms with Crippen molar-refractivity contribution in [2.45, 2.75) is 76.1 Å². The monoisotopic (exact) mass is 563 g/mol. The maximum absolute atomic E-state index is 14.4. The van der Waals surface area contributed by atoms with Crippen molar-refractivity contribution >= 4 is 35.2 Å². The van der Waals surface area contributed by atoms with Gasteiger partial charge in [0.25, 0.3) is 0 Å². The maximum Gasteiger partial charge on any atom is 0.248 e. The standard InChI is InChI=1S/C32H41N3O4S/c1-18(2)13-23(17-36)35-28(30(38)34-24-14-19(3)11-12-20(24)4)32-21(5)15-25(40-32)26(27(32)31(35)39)29(37)33-16-22-9-7-6-8-10-22/h6-12,14,18,21,23,25-28,36H,13,15-17H2,1-5H3,(H,33,37)(H,34,38)/t21?,23-,25-,26+,27+,28?,32?/m1/s1. The molecule has 0 aliphatic carbocycles. The Morgan fingerprint density at radius 2 is 1.85 bits per heavy atom. The van der Waals surface area contributed by atoms with Gasteiger partial charge in [0.1, 0.15) is 6.04 Å². The summed E-state index contributed by atoms with van der Waals surface area (Å²) in [5.74, 6) is -1.40. The maximum atomic E-state index is 14.4. The molecule has 7 atom stereocenters. The lowest BCUT2D eigenvalue weighted by molar-refractivity contribution is -0.142. The predicted octanol–water partition coefficient (Wildman–Crippen LogP) is 4.30. The molecule has 8 heteroatoms. The van der Waals surface area contributed by atoms with Crippen molar-refractivity contribution in [3.63, 3.8) is 0 Å². The van der Waals surface area contributed by atoms with Crippen LogP contribution in [0.2, 0.25) is 0 Å². The molecule has 3 heterocycles. The highest BCUT2D eigenvalue weighted by atomic mass is 32.2. The van der Waals surface area contributed by atoms with Crippen LogP contribution in [0.25, 0.3) is 0 Å². The molecule has 214 valence electrons. The van der Waals surface area contributed by atoms with Gasteiger partial charge in [0.05, 0.1) is 29.2 Å². The molecule has 3 aliphatic rings. The summed E-state index contributed by atoms with van der Waals surface area (Å²) >= 11 is 1.66. The number of likely N-dealkylation sites (tertiary alicyclic amines) is 1. The SMILES string of the molecule is Cc1ccc(C)c(NC(=O)C2N([C@@H](CO)CC(C)C)C(=O)[C@@H]3[C@@H](C(=O)NCc4ccccc4)[C@H]4CC(C)C23S4)c1. The minimum atomic E-state index is -0.780. The largest absolute Gasteiger partial charge is 0.394 e. The third kappa shape index (κ3) is 4.83. The van der Waals surface area contributed by atoms with Crippen LogP contribution in [0.15, 0.2) is 48.5 Å². The molecule has 0 saturated carbocycles. The zero-order valence-electron chi connectivity index (χ0n) is 24.0. The number of aryl methyl sites for hydroxylation is 2. The van der Waals surface area contributed by atoms with Crippen LogP contribution in [-0.4, -0.2) is 56.4 Å². The molecule has 40 heavy (non-hydrogen) atoms. The molecule has 0 radical (unpaired) electrons. The van der Waals surface area contributed by atoms with E-state index in [1.807, 2.05) is 62.4 Å². The predicted molar refractivity (Wildman–Crippen MR) is 159 cm³/mol. The number of aliphatic hydroxyl groups excluding tert-OH is 1. The Labute approximate surface area is 241 Å². The molecule has 2 aromatic carbocycles. The van der Waals surface area contributed by atoms with Gasteiger partial charge in [0.2, 0.25) is 17.7 Å². The molecule has 3 fully saturated rings. The zero-order chi connectivity index (χ0) is 28.8. The fraction of sp³-hybridized carbons (Fsp3) is 0.531. The number of carbonyl (C=O) groups is 3. The van der Waals surface area contributed by atoms with Crippen molar-refractivity contribution in [2.24, 2.45) is 23.7 Å². The number of aliphatic hydroxyl groups is 1. The molecule has 2 aromatic rings. The van der Waals surface area contributed by atoms with E-state index in [-0.39, 0.29) is 41.4 Å². The molecule has 1 spiro atoms. The number of nitrogens with one attached hydrogen (secondary N) is 2. The van der Waals surface area contributed by atoms with E-state index in [1.54, 1.807) is 16.7 Å². The number of hydrogen-bond acceptors (Lipinski definition) is 5. The third-order valence-electron chi connectivity index (χ3n) is 9.04. The lowest BCUT2D eigenvalue weighted by Crippen LogP contribution is -2.57. The molecule has 2 bridgehead atoms. The van der Waals surface area contributed by atoms with Gasteiger partial charge in [-0.15, -0.1) is 11.8 Å². The molecule has 3 saturated heterocycles. The summed E-state index contributed by atoms with van der Waals surface area (Å²) in [5.41, 5.74) is 3.70. The molecule has 3 aliphatic heterocycles. The summed E-state index contributed by atoms with van der Waals surface area (Å²) in [6, 6.07) is 14.4. The fourth-order valence-electron chi connectivity index (χ4n) is 7.25. The van der Waals surface area contributed by atoms with Crippen molar-refractivity contribution in [2.75, 3.05) is 11.9 Å². The lowest BCUT2D eigenvalue weighted by Gasteiger charge is -2.40. The van der Waals surface area contributed by atoms with Crippen LogP contribution in [0.5, 0.6) is 0 Å². The van der Waals surface area contributed by atoms with E-state index in [1.165, 1.54) is 0 Å². The Bertz CT molecular complexity index is 1280. The number of nitrogens with zero attached hydrogens (tertiary/aromatic N) is 1. The van der Waals surface area contributed by atoms with Crippen LogP contribution in [0.3, 0.4) is 0 Å². The summed E-state index contributed by atoms with van der Waals surface area (Å²) in [6.07, 6.45) is 1.35. The van der Waals surface area contributed by atoms with Gasteiger partial charge in [-0.25, -0.2) is 0 Å². The first-order valence-corrected chi connectivity index (χ1v) is 15.3. The molecule has 3 unspecified atom stereocenters. The molecule has 3 amide bonds. The van der Waals surface area contributed by atoms with Gasteiger partial charge < -0.3 is 20.6 Å². The van der Waals surface area contributed by atoms with Crippen LogP contribution in [0.4, 0.5) is 5.69 Å². The Morgan fingerprint density at radius 1 is 1.12 bits per heavy atom. The topological polar surface area (TPSA) is 98.7 Å². The second kappa shape index (κ2) is 11.2. The van der Waals surface area contributed by atoms with Gasteiger partial charge in [0.15, 0.2) is 0 Å². The second-order valence-corrected chi connectivity index (χ2v) is 13.8. The van der Waals surface area contributed by atoms with Crippen LogP contribution in [0, 0.1) is 37.5 Å². The molecular weight excluding hydrogens is 522 g/mol. The zero-order valence-corrected chi connectivity index (χ0v) is 24.8. The van der Waals surface area contributed by atoms with E-state index in [9.17, 15) is 19.5 Å². The molecular formula is C32H41N3O4S. The summed E-state index contributed by atoms with van der Waals surface area (Å²) < 4.78 is -0.733. The Balaban J connectivity index is 1.52. The molecule has 7 nitrogen and oxygen atoms in total. The smallest absolute Gasteiger partial charge is 0.248 e. The van der Waals surface area contributed by atoms with Crippen molar-refractivity contribution in [1.29, 1.82) is 0 Å². The van der Waals surface area contributed by atoms with Crippen LogP contribution in [0.1, 0.15) is 50.3 Å². The number of carbonyl (C=O) groups excluding carboxylic acids is 3. The fourth-order valence-corrected chi connectivity index (χ4v) is 9.66. The van der Waals surface area contributed by atoms with Gasteiger partial charge in [-0.2, -0.15) is 0 Å². The van der Waals surface area contributed by atoms with E-state index in [0.29, 0.717) is 13.0 Å². The highest BCUT2D eigenvalue weighted by Gasteiger charge is 2.76. The van der Waals surface area contributed by atoms with Gasteiger partial charge >= 0.3 is 0 Å². The first kappa shape index (κ1) is 28.7. The molecule has 5 rings (SSSR count). The van der Waals surface area contributed by atoms with Gasteiger partial charge in [-0.1, -0.05) is 63.2 Å². The number of amides is 3. The lowest BCUT2D eigenvalue weighted by atomic mass is 9.66. The quantitative estimate of drug-likeness (QED) is 0.423. The van der Waals surface area contributed by atoms with Crippen molar-refractivity contribution in [3.05, 3.63) is 65.2 Å². The second-order valence-electron chi connectivity index (χ2n) is 12.3. The third-order valence-corrected chi connectivity index (χ3v) is 11.1. The first-order chi connectivity index (χ1) is 19.1. The normalized spacial score (nSPS) is 29.5. The Hall–Kier alpha value is -2.84. The van der Waals surface area contributed by atoms with E-state index >= 15 is 0 Å². The van der Waals surface area contributed by atoms with Crippen molar-refractivity contribution in [3.8, 4) is 0 Å². The van der Waals surface area contributed by atoms with Crippen molar-refractivity contribution in [1.82, 2.24) is 10.2 Å². The van der Waals surface area contributed by atoms with Gasteiger partial charge in [-0.3, -0.25) is 14.4 Å². The average molecular weight is 564 g/mol. The number of anilines is 1. The van der Waals surface area contributed by atoms with Crippen molar-refractivity contribution < 1.29 is 19.5 Å². The van der Waals surface area contributed by atoms with Crippen LogP contribution in [-0.2, 0) is 20.9 Å². The van der Waals surface area contributed by atoms with E-state index in [0.717, 1.165) is 28.8 Å². The molecule has 0 aromatic heterocycles. The van der Waals surface area contributed by atoms with E-state index in [4.69, 9.17) is 0 Å². The number of thioether (sulfide) groups is 1. The van der Waals surface area contributed by atoms with Crippen LogP contribution < -0.4 is 10.6 Å². The number of benzene rings is 2. The summed E-state index contributed by atoms with van der Waals surface area (Å²) in [4.78, 5) is 44.1. The summed E-state index contributed by atoms with van der Waals surface area (Å²) in [7, 11) is 0. The Kier molecular flexibility index (Phi) is 8.03. The number of fused-ring (bicyclic) bond motifs is 1. The van der Waals surface area contributed by atoms with Gasteiger partial charge in [-0.05, 0) is 61.3 Å². The number of hydrogen-bond donors (Lipinski definition) is 3. The molecule has 3 N–H and O–H groups in total. The summed E-state index contributed by atoms with van der Waals surface area (Å²) in [6.45, 7) is 10.3. The van der Waals surface area contributed by atoms with E-state index < -0.39 is 28.7 Å². The first-order valence-electron chi connectivity index (χ1n) is 14.4. The Morgan fingerprint density at radius 3 is 2.52 bits per heavy atom. The van der Waals surface area contributed by atoms with Crippen LogP contribution >= 0.6 is 11.8 Å². The van der Waals surface area contributed by atoms with Gasteiger partial charge in [0, 0.05) is 17.5 Å². The minimum Gasteiger partial charge on any atom is -0.394 e. The number of rotatable bonds is 9. The highest BCUT2D eigenvalue weighted by Crippen LogP contribution is 2.69. The minimum absolute atomic E-state index is 0.0319.